The molecule has 62 valence electrons. The summed E-state index contributed by atoms with van der Waals surface area (Å²) >= 11 is 0. The second-order valence-corrected chi connectivity index (χ2v) is 4.80. The second-order valence-electron chi connectivity index (χ2n) is 4.80. The van der Waals surface area contributed by atoms with Gasteiger partial charge < -0.3 is 5.32 Å². The minimum absolute atomic E-state index is 0.891. The summed E-state index contributed by atoms with van der Waals surface area (Å²) in [5.41, 5.74) is 0.891. The molecular weight excluding hydrogens is 134 g/mol. The highest BCUT2D eigenvalue weighted by molar-refractivity contribution is 5.08. The lowest BCUT2D eigenvalue weighted by Crippen LogP contribution is -2.24. The Morgan fingerprint density at radius 2 is 2.09 bits per heavy atom. The van der Waals surface area contributed by atoms with Crippen LogP contribution in [0.4, 0.5) is 0 Å². The molecule has 0 amide bonds. The highest BCUT2D eigenvalue weighted by atomic mass is 15.0. The molecule has 0 bridgehead atoms. The molecule has 1 unspecified atom stereocenters. The third-order valence-electron chi connectivity index (χ3n) is 3.94. The van der Waals surface area contributed by atoms with Gasteiger partial charge in [-0.2, -0.15) is 0 Å². The Balaban J connectivity index is 1.44. The fourth-order valence-electron chi connectivity index (χ4n) is 2.56. The Morgan fingerprint density at radius 3 is 2.55 bits per heavy atom. The van der Waals surface area contributed by atoms with E-state index in [0.29, 0.717) is 0 Å². The van der Waals surface area contributed by atoms with Gasteiger partial charge in [0.25, 0.3) is 0 Å². The van der Waals surface area contributed by atoms with Crippen molar-refractivity contribution in [2.24, 2.45) is 11.3 Å². The van der Waals surface area contributed by atoms with Gasteiger partial charge in [0.15, 0.2) is 0 Å². The maximum Gasteiger partial charge on any atom is 0.00683 e. The summed E-state index contributed by atoms with van der Waals surface area (Å²) in [6, 6.07) is 0.924. The lowest BCUT2D eigenvalue weighted by molar-refractivity contribution is 0.255. The molecule has 3 fully saturated rings. The molecule has 3 aliphatic rings. The number of hydrogen-bond acceptors (Lipinski definition) is 1. The average molecular weight is 151 g/mol. The first kappa shape index (κ1) is 6.47. The first-order chi connectivity index (χ1) is 5.39. The SMILES string of the molecule is C1CC2(C1)CC2CNC1CC1. The molecule has 0 aliphatic heterocycles. The van der Waals surface area contributed by atoms with Crippen molar-refractivity contribution in [1.82, 2.24) is 5.32 Å². The van der Waals surface area contributed by atoms with Gasteiger partial charge >= 0.3 is 0 Å². The van der Waals surface area contributed by atoms with Crippen LogP contribution in [0.25, 0.3) is 0 Å². The van der Waals surface area contributed by atoms with E-state index in [4.69, 9.17) is 0 Å². The number of nitrogens with one attached hydrogen (secondary N) is 1. The molecule has 0 radical (unpaired) electrons. The molecule has 1 atom stereocenters. The Labute approximate surface area is 68.6 Å². The molecule has 1 nitrogen and oxygen atoms in total. The first-order valence-electron chi connectivity index (χ1n) is 5.12. The van der Waals surface area contributed by atoms with E-state index in [1.54, 1.807) is 19.3 Å². The Bertz CT molecular complexity index is 168. The Hall–Kier alpha value is -0.0400. The van der Waals surface area contributed by atoms with Gasteiger partial charge in [-0.1, -0.05) is 6.42 Å². The van der Waals surface area contributed by atoms with Crippen molar-refractivity contribution in [3.8, 4) is 0 Å². The van der Waals surface area contributed by atoms with Gasteiger partial charge in [0.05, 0.1) is 0 Å². The summed E-state index contributed by atoms with van der Waals surface area (Å²) in [6.45, 7) is 1.34. The molecule has 1 spiro atoms. The average Bonchev–Trinajstić information content (AvgIpc) is 2.79. The van der Waals surface area contributed by atoms with Crippen LogP contribution in [0.2, 0.25) is 0 Å². The van der Waals surface area contributed by atoms with E-state index in [-0.39, 0.29) is 0 Å². The predicted molar refractivity (Wildman–Crippen MR) is 45.4 cm³/mol. The van der Waals surface area contributed by atoms with E-state index in [2.05, 4.69) is 5.32 Å². The molecule has 0 aromatic carbocycles. The first-order valence-corrected chi connectivity index (χ1v) is 5.12. The van der Waals surface area contributed by atoms with E-state index in [0.717, 1.165) is 17.4 Å². The highest BCUT2D eigenvalue weighted by Crippen LogP contribution is 2.65. The Morgan fingerprint density at radius 1 is 1.27 bits per heavy atom. The van der Waals surface area contributed by atoms with Gasteiger partial charge in [0.1, 0.15) is 0 Å². The largest absolute Gasteiger partial charge is 0.314 e. The van der Waals surface area contributed by atoms with Gasteiger partial charge in [-0.05, 0) is 50.0 Å². The van der Waals surface area contributed by atoms with E-state index >= 15 is 0 Å². The van der Waals surface area contributed by atoms with E-state index in [1.807, 2.05) is 0 Å². The van der Waals surface area contributed by atoms with Crippen LogP contribution in [0.15, 0.2) is 0 Å². The van der Waals surface area contributed by atoms with Crippen LogP contribution in [0, 0.1) is 11.3 Å². The standard InChI is InChI=1S/C10H17N/c1-4-10(5-1)6-8(10)7-11-9-2-3-9/h8-9,11H,1-7H2. The van der Waals surface area contributed by atoms with Gasteiger partial charge in [0.2, 0.25) is 0 Å². The third kappa shape index (κ3) is 1.01. The van der Waals surface area contributed by atoms with Crippen molar-refractivity contribution < 1.29 is 0 Å². The molecule has 0 saturated heterocycles. The summed E-state index contributed by atoms with van der Waals surface area (Å²) in [6.07, 6.45) is 9.04. The second kappa shape index (κ2) is 2.01. The lowest BCUT2D eigenvalue weighted by Gasteiger charge is -2.26. The van der Waals surface area contributed by atoms with Crippen LogP contribution in [-0.4, -0.2) is 12.6 Å². The maximum atomic E-state index is 3.64. The smallest absolute Gasteiger partial charge is 0.00683 e. The van der Waals surface area contributed by atoms with Crippen molar-refractivity contribution in [3.63, 3.8) is 0 Å². The molecular formula is C10H17N. The maximum absolute atomic E-state index is 3.64. The fraction of sp³-hybridized carbons (Fsp3) is 1.00. The zero-order valence-corrected chi connectivity index (χ0v) is 7.10. The summed E-state index contributed by atoms with van der Waals surface area (Å²) in [7, 11) is 0. The molecule has 11 heavy (non-hydrogen) atoms. The molecule has 0 aromatic rings. The summed E-state index contributed by atoms with van der Waals surface area (Å²) < 4.78 is 0. The lowest BCUT2D eigenvalue weighted by atomic mass is 9.80. The van der Waals surface area contributed by atoms with Crippen LogP contribution in [-0.2, 0) is 0 Å². The zero-order chi connectivity index (χ0) is 7.31. The zero-order valence-electron chi connectivity index (χ0n) is 7.10. The van der Waals surface area contributed by atoms with Crippen molar-refractivity contribution in [2.45, 2.75) is 44.6 Å². The van der Waals surface area contributed by atoms with Crippen LogP contribution < -0.4 is 5.32 Å². The van der Waals surface area contributed by atoms with Crippen LogP contribution in [0.5, 0.6) is 0 Å². The summed E-state index contributed by atoms with van der Waals surface area (Å²) in [5.74, 6) is 1.08. The van der Waals surface area contributed by atoms with Crippen molar-refractivity contribution >= 4 is 0 Å². The van der Waals surface area contributed by atoms with E-state index in [1.165, 1.54) is 25.8 Å². The van der Waals surface area contributed by atoms with Crippen LogP contribution >= 0.6 is 0 Å². The van der Waals surface area contributed by atoms with Gasteiger partial charge in [-0.3, -0.25) is 0 Å². The number of rotatable bonds is 3. The summed E-state index contributed by atoms with van der Waals surface area (Å²) in [5, 5.41) is 3.64. The van der Waals surface area contributed by atoms with Crippen LogP contribution in [0.1, 0.15) is 38.5 Å². The number of hydrogen-bond donors (Lipinski definition) is 1. The summed E-state index contributed by atoms with van der Waals surface area (Å²) in [4.78, 5) is 0. The highest BCUT2D eigenvalue weighted by Gasteiger charge is 2.56. The molecule has 1 heteroatoms. The third-order valence-corrected chi connectivity index (χ3v) is 3.94. The fourth-order valence-corrected chi connectivity index (χ4v) is 2.56. The van der Waals surface area contributed by atoms with Crippen molar-refractivity contribution in [3.05, 3.63) is 0 Å². The van der Waals surface area contributed by atoms with Crippen molar-refractivity contribution in [2.75, 3.05) is 6.54 Å². The molecule has 1 N–H and O–H groups in total. The Kier molecular flexibility index (Phi) is 1.18. The molecule has 3 rings (SSSR count). The molecule has 3 saturated carbocycles. The molecule has 0 aromatic heterocycles. The van der Waals surface area contributed by atoms with E-state index in [9.17, 15) is 0 Å². The van der Waals surface area contributed by atoms with Gasteiger partial charge in [-0.15, -0.1) is 0 Å². The quantitative estimate of drug-likeness (QED) is 0.650. The minimum Gasteiger partial charge on any atom is -0.314 e. The predicted octanol–water partition coefficient (Wildman–Crippen LogP) is 1.93. The molecule has 3 aliphatic carbocycles. The topological polar surface area (TPSA) is 12.0 Å². The van der Waals surface area contributed by atoms with E-state index < -0.39 is 0 Å². The molecule has 0 heterocycles. The minimum atomic E-state index is 0.891. The van der Waals surface area contributed by atoms with Gasteiger partial charge in [0, 0.05) is 6.04 Å². The normalized spacial score (nSPS) is 38.7. The van der Waals surface area contributed by atoms with Crippen molar-refractivity contribution in [1.29, 1.82) is 0 Å². The monoisotopic (exact) mass is 151 g/mol. The van der Waals surface area contributed by atoms with Crippen LogP contribution in [0.3, 0.4) is 0 Å². The van der Waals surface area contributed by atoms with Gasteiger partial charge in [-0.25, -0.2) is 0 Å².